The van der Waals surface area contributed by atoms with Crippen molar-refractivity contribution in [1.29, 1.82) is 0 Å². The lowest BCUT2D eigenvalue weighted by Gasteiger charge is -2.08. The fourth-order valence-corrected chi connectivity index (χ4v) is 4.53. The Labute approximate surface area is 178 Å². The highest BCUT2D eigenvalue weighted by Gasteiger charge is 2.17. The van der Waals surface area contributed by atoms with E-state index >= 15 is 0 Å². The van der Waals surface area contributed by atoms with Crippen LogP contribution in [0.3, 0.4) is 0 Å². The summed E-state index contributed by atoms with van der Waals surface area (Å²) in [5.74, 6) is -0.861. The minimum Gasteiger partial charge on any atom is -0.481 e. The molecular formula is C24H18ClNO2S. The molecule has 144 valence electrons. The summed E-state index contributed by atoms with van der Waals surface area (Å²) in [6, 6.07) is 25.9. The monoisotopic (exact) mass is 419 g/mol. The Morgan fingerprint density at radius 2 is 1.59 bits per heavy atom. The molecule has 3 aromatic carbocycles. The lowest BCUT2D eigenvalue weighted by molar-refractivity contribution is -0.136. The lowest BCUT2D eigenvalue weighted by Crippen LogP contribution is -1.99. The Kier molecular flexibility index (Phi) is 5.74. The Morgan fingerprint density at radius 1 is 0.897 bits per heavy atom. The number of rotatable bonds is 6. The molecule has 0 bridgehead atoms. The van der Waals surface area contributed by atoms with Crippen LogP contribution in [-0.2, 0) is 17.6 Å². The number of halogens is 1. The fourth-order valence-electron chi connectivity index (χ4n) is 3.30. The molecule has 0 saturated carbocycles. The summed E-state index contributed by atoms with van der Waals surface area (Å²) < 4.78 is 0. The Bertz CT molecular complexity index is 1140. The average Bonchev–Trinajstić information content (AvgIpc) is 3.11. The van der Waals surface area contributed by atoms with E-state index in [4.69, 9.17) is 16.6 Å². The standard InChI is InChI=1S/C24H18ClNO2S/c25-19-12-10-17(11-13-19)24-21(15-23(27)28)29-22(26-24)14-18-8-4-5-9-20(18)16-6-2-1-3-7-16/h1-13H,14-15H2,(H,27,28). The number of nitrogens with zero attached hydrogens (tertiary/aromatic N) is 1. The van der Waals surface area contributed by atoms with Crippen molar-refractivity contribution in [1.82, 2.24) is 4.98 Å². The van der Waals surface area contributed by atoms with Gasteiger partial charge in [-0.1, -0.05) is 78.3 Å². The second-order valence-electron chi connectivity index (χ2n) is 6.66. The zero-order valence-corrected chi connectivity index (χ0v) is 17.1. The number of carboxylic acid groups (broad SMARTS) is 1. The molecule has 0 amide bonds. The molecule has 0 spiro atoms. The highest BCUT2D eigenvalue weighted by atomic mass is 35.5. The number of thiazole rings is 1. The van der Waals surface area contributed by atoms with Gasteiger partial charge < -0.3 is 5.11 Å². The molecule has 29 heavy (non-hydrogen) atoms. The van der Waals surface area contributed by atoms with Crippen molar-refractivity contribution >= 4 is 28.9 Å². The van der Waals surface area contributed by atoms with Crippen LogP contribution in [0, 0.1) is 0 Å². The minimum absolute atomic E-state index is 0.0457. The zero-order valence-electron chi connectivity index (χ0n) is 15.5. The number of carbonyl (C=O) groups is 1. The smallest absolute Gasteiger partial charge is 0.308 e. The van der Waals surface area contributed by atoms with Crippen molar-refractivity contribution in [3.63, 3.8) is 0 Å². The van der Waals surface area contributed by atoms with E-state index in [9.17, 15) is 9.90 Å². The van der Waals surface area contributed by atoms with Gasteiger partial charge >= 0.3 is 5.97 Å². The van der Waals surface area contributed by atoms with Crippen LogP contribution in [0.4, 0.5) is 0 Å². The molecule has 4 rings (SSSR count). The summed E-state index contributed by atoms with van der Waals surface area (Å²) in [7, 11) is 0. The van der Waals surface area contributed by atoms with Gasteiger partial charge in [0.25, 0.3) is 0 Å². The van der Waals surface area contributed by atoms with Crippen LogP contribution in [-0.4, -0.2) is 16.1 Å². The molecule has 1 N–H and O–H groups in total. The van der Waals surface area contributed by atoms with Gasteiger partial charge in [-0.25, -0.2) is 4.98 Å². The predicted octanol–water partition coefficient (Wildman–Crippen LogP) is 6.35. The van der Waals surface area contributed by atoms with Crippen LogP contribution < -0.4 is 0 Å². The number of benzene rings is 3. The van der Waals surface area contributed by atoms with Crippen LogP contribution in [0.15, 0.2) is 78.9 Å². The molecule has 1 heterocycles. The van der Waals surface area contributed by atoms with Crippen molar-refractivity contribution in [3.8, 4) is 22.4 Å². The maximum absolute atomic E-state index is 11.4. The molecule has 0 unspecified atom stereocenters. The molecule has 4 aromatic rings. The number of hydrogen-bond donors (Lipinski definition) is 1. The van der Waals surface area contributed by atoms with Crippen LogP contribution in [0.25, 0.3) is 22.4 Å². The molecule has 0 aliphatic heterocycles. The highest BCUT2D eigenvalue weighted by Crippen LogP contribution is 2.32. The van der Waals surface area contributed by atoms with E-state index in [2.05, 4.69) is 24.3 Å². The quantitative estimate of drug-likeness (QED) is 0.396. The molecule has 0 aliphatic rings. The number of aromatic nitrogens is 1. The van der Waals surface area contributed by atoms with E-state index in [1.807, 2.05) is 42.5 Å². The van der Waals surface area contributed by atoms with Gasteiger partial charge in [-0.05, 0) is 28.8 Å². The summed E-state index contributed by atoms with van der Waals surface area (Å²) in [6.07, 6.45) is 0.603. The van der Waals surface area contributed by atoms with E-state index in [0.29, 0.717) is 11.4 Å². The number of carboxylic acids is 1. The third kappa shape index (κ3) is 4.56. The van der Waals surface area contributed by atoms with Crippen molar-refractivity contribution in [2.24, 2.45) is 0 Å². The molecule has 0 radical (unpaired) electrons. The highest BCUT2D eigenvalue weighted by molar-refractivity contribution is 7.12. The maximum Gasteiger partial charge on any atom is 0.308 e. The van der Waals surface area contributed by atoms with Gasteiger partial charge in [-0.2, -0.15) is 0 Å². The van der Waals surface area contributed by atoms with Crippen molar-refractivity contribution in [3.05, 3.63) is 99.3 Å². The summed E-state index contributed by atoms with van der Waals surface area (Å²) >= 11 is 7.46. The van der Waals surface area contributed by atoms with E-state index in [0.717, 1.165) is 37.8 Å². The maximum atomic E-state index is 11.4. The largest absolute Gasteiger partial charge is 0.481 e. The molecule has 0 atom stereocenters. The topological polar surface area (TPSA) is 50.2 Å². The third-order valence-electron chi connectivity index (χ3n) is 4.61. The van der Waals surface area contributed by atoms with Gasteiger partial charge in [0.05, 0.1) is 17.1 Å². The second kappa shape index (κ2) is 8.60. The van der Waals surface area contributed by atoms with Crippen molar-refractivity contribution in [2.75, 3.05) is 0 Å². The third-order valence-corrected chi connectivity index (χ3v) is 5.92. The summed E-state index contributed by atoms with van der Waals surface area (Å²) in [6.45, 7) is 0. The van der Waals surface area contributed by atoms with Gasteiger partial charge in [0.15, 0.2) is 0 Å². The van der Waals surface area contributed by atoms with Gasteiger partial charge in [0.2, 0.25) is 0 Å². The van der Waals surface area contributed by atoms with Crippen LogP contribution in [0.5, 0.6) is 0 Å². The van der Waals surface area contributed by atoms with E-state index in [1.54, 1.807) is 12.1 Å². The van der Waals surface area contributed by atoms with Crippen LogP contribution >= 0.6 is 22.9 Å². The summed E-state index contributed by atoms with van der Waals surface area (Å²) in [5, 5.41) is 10.9. The van der Waals surface area contributed by atoms with Gasteiger partial charge in [-0.3, -0.25) is 4.79 Å². The SMILES string of the molecule is O=C(O)Cc1sc(Cc2ccccc2-c2ccccc2)nc1-c1ccc(Cl)cc1. The van der Waals surface area contributed by atoms with Gasteiger partial charge in [-0.15, -0.1) is 11.3 Å². The molecular weight excluding hydrogens is 402 g/mol. The molecule has 3 nitrogen and oxygen atoms in total. The minimum atomic E-state index is -0.861. The second-order valence-corrected chi connectivity index (χ2v) is 8.26. The summed E-state index contributed by atoms with van der Waals surface area (Å²) in [4.78, 5) is 16.9. The Balaban J connectivity index is 1.72. The van der Waals surface area contributed by atoms with E-state index < -0.39 is 5.97 Å². The average molecular weight is 420 g/mol. The lowest BCUT2D eigenvalue weighted by atomic mass is 9.98. The molecule has 0 fully saturated rings. The first-order chi connectivity index (χ1) is 14.1. The Morgan fingerprint density at radius 3 is 2.31 bits per heavy atom. The van der Waals surface area contributed by atoms with Crippen molar-refractivity contribution in [2.45, 2.75) is 12.8 Å². The van der Waals surface area contributed by atoms with Crippen LogP contribution in [0.1, 0.15) is 15.4 Å². The van der Waals surface area contributed by atoms with Gasteiger partial charge in [0, 0.05) is 21.9 Å². The first-order valence-corrected chi connectivity index (χ1v) is 10.4. The van der Waals surface area contributed by atoms with Crippen molar-refractivity contribution < 1.29 is 9.90 Å². The molecule has 5 heteroatoms. The van der Waals surface area contributed by atoms with Crippen LogP contribution in [0.2, 0.25) is 5.02 Å². The first-order valence-electron chi connectivity index (χ1n) is 9.20. The molecule has 0 aliphatic carbocycles. The number of hydrogen-bond acceptors (Lipinski definition) is 3. The number of aliphatic carboxylic acids is 1. The predicted molar refractivity (Wildman–Crippen MR) is 119 cm³/mol. The molecule has 1 aromatic heterocycles. The fraction of sp³-hybridized carbons (Fsp3) is 0.0833. The van der Waals surface area contributed by atoms with E-state index in [-0.39, 0.29) is 6.42 Å². The first kappa shape index (κ1) is 19.4. The zero-order chi connectivity index (χ0) is 20.2. The van der Waals surface area contributed by atoms with E-state index in [1.165, 1.54) is 11.3 Å². The summed E-state index contributed by atoms with van der Waals surface area (Å²) in [5.41, 5.74) is 5.09. The normalized spacial score (nSPS) is 10.8. The molecule has 0 saturated heterocycles. The Hall–Kier alpha value is -2.95. The van der Waals surface area contributed by atoms with Gasteiger partial charge in [0.1, 0.15) is 0 Å².